The monoisotopic (exact) mass is 425 g/mol. The number of nitrogens with one attached hydrogen (secondary N) is 1. The maximum Gasteiger partial charge on any atom is 0.240 e. The van der Waals surface area contributed by atoms with Crippen LogP contribution in [-0.2, 0) is 14.8 Å². The molecule has 1 saturated carbocycles. The van der Waals surface area contributed by atoms with Gasteiger partial charge in [-0.1, -0.05) is 19.3 Å². The van der Waals surface area contributed by atoms with Crippen LogP contribution in [0, 0.1) is 0 Å². The van der Waals surface area contributed by atoms with Crippen LogP contribution >= 0.6 is 11.8 Å². The largest absolute Gasteiger partial charge is 0.311 e. The number of carbonyl (C=O) groups excluding carboxylic acids is 1. The van der Waals surface area contributed by atoms with Gasteiger partial charge in [-0.15, -0.1) is 11.8 Å². The highest BCUT2D eigenvalue weighted by molar-refractivity contribution is 7.99. The van der Waals surface area contributed by atoms with E-state index in [1.54, 1.807) is 28.8 Å². The summed E-state index contributed by atoms with van der Waals surface area (Å²) in [5, 5.41) is 0. The minimum atomic E-state index is -3.61. The van der Waals surface area contributed by atoms with E-state index in [2.05, 4.69) is 16.7 Å². The molecule has 1 heterocycles. The van der Waals surface area contributed by atoms with E-state index in [4.69, 9.17) is 0 Å². The van der Waals surface area contributed by atoms with Crippen molar-refractivity contribution < 1.29 is 13.2 Å². The third-order valence-corrected chi connectivity index (χ3v) is 8.26. The molecule has 1 aromatic rings. The Morgan fingerprint density at radius 2 is 2.00 bits per heavy atom. The second-order valence-corrected chi connectivity index (χ2v) is 10.6. The van der Waals surface area contributed by atoms with E-state index in [0.717, 1.165) is 17.1 Å². The van der Waals surface area contributed by atoms with Gasteiger partial charge < -0.3 is 9.80 Å². The van der Waals surface area contributed by atoms with Gasteiger partial charge >= 0.3 is 0 Å². The summed E-state index contributed by atoms with van der Waals surface area (Å²) in [6.45, 7) is 3.24. The molecule has 1 aromatic carbocycles. The average molecular weight is 426 g/mol. The number of rotatable bonds is 6. The van der Waals surface area contributed by atoms with Gasteiger partial charge in [-0.05, 0) is 50.3 Å². The quantitative estimate of drug-likeness (QED) is 0.759. The average Bonchev–Trinajstić information content (AvgIpc) is 2.90. The van der Waals surface area contributed by atoms with E-state index in [9.17, 15) is 13.2 Å². The van der Waals surface area contributed by atoms with Crippen molar-refractivity contribution >= 4 is 33.4 Å². The Morgan fingerprint density at radius 3 is 2.71 bits per heavy atom. The van der Waals surface area contributed by atoms with Gasteiger partial charge in [0.2, 0.25) is 15.9 Å². The van der Waals surface area contributed by atoms with Gasteiger partial charge in [0.25, 0.3) is 0 Å². The van der Waals surface area contributed by atoms with Crippen LogP contribution in [0.5, 0.6) is 0 Å². The van der Waals surface area contributed by atoms with Crippen molar-refractivity contribution in [3.63, 3.8) is 0 Å². The third kappa shape index (κ3) is 5.28. The predicted octanol–water partition coefficient (Wildman–Crippen LogP) is 3.08. The van der Waals surface area contributed by atoms with Crippen molar-refractivity contribution in [1.29, 1.82) is 0 Å². The summed E-state index contributed by atoms with van der Waals surface area (Å²) >= 11 is 1.67. The molecule has 1 N–H and O–H groups in total. The number of amides is 1. The standard InChI is InChI=1S/C20H31N3O3S2/c1-16(24)23-12-6-14-27-20-10-9-18(15-19(20)23)28(25,26)21-11-13-22(2)17-7-4-3-5-8-17/h9-10,15,17,21H,3-8,11-14H2,1-2H3. The molecule has 0 unspecified atom stereocenters. The Kier molecular flexibility index (Phi) is 7.42. The number of sulfonamides is 1. The van der Waals surface area contributed by atoms with Crippen LogP contribution in [0.4, 0.5) is 5.69 Å². The summed E-state index contributed by atoms with van der Waals surface area (Å²) in [5.41, 5.74) is 0.706. The van der Waals surface area contributed by atoms with E-state index in [1.807, 2.05) is 6.07 Å². The number of anilines is 1. The molecule has 0 saturated heterocycles. The smallest absolute Gasteiger partial charge is 0.240 e. The number of thioether (sulfide) groups is 1. The molecule has 6 nitrogen and oxygen atoms in total. The first kappa shape index (κ1) is 21.6. The van der Waals surface area contributed by atoms with Crippen molar-refractivity contribution in [3.05, 3.63) is 18.2 Å². The number of fused-ring (bicyclic) bond motifs is 1. The second-order valence-electron chi connectivity index (χ2n) is 7.67. The fourth-order valence-corrected chi connectivity index (χ4v) is 6.01. The first-order chi connectivity index (χ1) is 13.4. The van der Waals surface area contributed by atoms with Crippen LogP contribution in [0.3, 0.4) is 0 Å². The number of likely N-dealkylation sites (N-methyl/N-ethyl adjacent to an activating group) is 1. The number of nitrogens with zero attached hydrogens (tertiary/aromatic N) is 2. The number of carbonyl (C=O) groups is 1. The molecule has 0 bridgehead atoms. The summed E-state index contributed by atoms with van der Waals surface area (Å²) in [4.78, 5) is 17.2. The Balaban J connectivity index is 1.67. The Labute approximate surface area is 173 Å². The van der Waals surface area contributed by atoms with Crippen molar-refractivity contribution in [1.82, 2.24) is 9.62 Å². The second kappa shape index (κ2) is 9.61. The maximum atomic E-state index is 12.8. The lowest BCUT2D eigenvalue weighted by Gasteiger charge is -2.31. The summed E-state index contributed by atoms with van der Waals surface area (Å²) in [6, 6.07) is 5.67. The number of hydrogen-bond donors (Lipinski definition) is 1. The molecular weight excluding hydrogens is 394 g/mol. The molecule has 1 amide bonds. The van der Waals surface area contributed by atoms with E-state index < -0.39 is 10.0 Å². The van der Waals surface area contributed by atoms with Gasteiger partial charge in [-0.25, -0.2) is 13.1 Å². The summed E-state index contributed by atoms with van der Waals surface area (Å²) in [7, 11) is -1.53. The highest BCUT2D eigenvalue weighted by Gasteiger charge is 2.23. The molecule has 1 fully saturated rings. The first-order valence-corrected chi connectivity index (χ1v) is 12.6. The molecule has 2 aliphatic rings. The fraction of sp³-hybridized carbons (Fsp3) is 0.650. The van der Waals surface area contributed by atoms with Crippen LogP contribution in [0.25, 0.3) is 0 Å². The molecule has 28 heavy (non-hydrogen) atoms. The van der Waals surface area contributed by atoms with Gasteiger partial charge in [0.05, 0.1) is 10.6 Å². The lowest BCUT2D eigenvalue weighted by atomic mass is 9.94. The normalized spacial score (nSPS) is 18.8. The van der Waals surface area contributed by atoms with Crippen molar-refractivity contribution in [2.75, 3.05) is 37.3 Å². The molecule has 156 valence electrons. The lowest BCUT2D eigenvalue weighted by Crippen LogP contribution is -2.39. The Hall–Kier alpha value is -1.09. The predicted molar refractivity (Wildman–Crippen MR) is 115 cm³/mol. The highest BCUT2D eigenvalue weighted by Crippen LogP contribution is 2.35. The van der Waals surface area contributed by atoms with Gasteiger partial charge in [0.1, 0.15) is 0 Å². The van der Waals surface area contributed by atoms with Gasteiger partial charge in [-0.2, -0.15) is 0 Å². The molecule has 0 radical (unpaired) electrons. The van der Waals surface area contributed by atoms with Crippen LogP contribution in [0.2, 0.25) is 0 Å². The molecule has 0 spiro atoms. The van der Waals surface area contributed by atoms with Gasteiger partial charge in [0, 0.05) is 37.5 Å². The summed E-state index contributed by atoms with van der Waals surface area (Å²) in [5.74, 6) is 0.870. The summed E-state index contributed by atoms with van der Waals surface area (Å²) in [6.07, 6.45) is 7.14. The summed E-state index contributed by atoms with van der Waals surface area (Å²) < 4.78 is 28.3. The lowest BCUT2D eigenvalue weighted by molar-refractivity contribution is -0.116. The zero-order chi connectivity index (χ0) is 20.1. The number of hydrogen-bond acceptors (Lipinski definition) is 5. The first-order valence-electron chi connectivity index (χ1n) is 10.1. The fourth-order valence-electron chi connectivity index (χ4n) is 3.99. The van der Waals surface area contributed by atoms with Crippen LogP contribution in [0.1, 0.15) is 45.4 Å². The van der Waals surface area contributed by atoms with E-state index in [-0.39, 0.29) is 10.8 Å². The number of benzene rings is 1. The van der Waals surface area contributed by atoms with Crippen LogP contribution in [-0.4, -0.2) is 57.7 Å². The maximum absolute atomic E-state index is 12.8. The Morgan fingerprint density at radius 1 is 1.25 bits per heavy atom. The third-order valence-electron chi connectivity index (χ3n) is 5.65. The Bertz CT molecular complexity index is 792. The molecule has 0 atom stereocenters. The van der Waals surface area contributed by atoms with Crippen LogP contribution in [0.15, 0.2) is 28.0 Å². The van der Waals surface area contributed by atoms with Crippen molar-refractivity contribution in [2.24, 2.45) is 0 Å². The van der Waals surface area contributed by atoms with Gasteiger partial charge in [-0.3, -0.25) is 4.79 Å². The van der Waals surface area contributed by atoms with Crippen molar-refractivity contribution in [3.8, 4) is 0 Å². The molecule has 3 rings (SSSR count). The molecular formula is C20H31N3O3S2. The zero-order valence-electron chi connectivity index (χ0n) is 16.8. The molecule has 1 aliphatic heterocycles. The SMILES string of the molecule is CC(=O)N1CCCSc2ccc(S(=O)(=O)NCCN(C)C3CCCCC3)cc21. The minimum absolute atomic E-state index is 0.0552. The van der Waals surface area contributed by atoms with Crippen LogP contribution < -0.4 is 9.62 Å². The van der Waals surface area contributed by atoms with E-state index in [0.29, 0.717) is 31.4 Å². The molecule has 1 aliphatic carbocycles. The molecule has 0 aromatic heterocycles. The van der Waals surface area contributed by atoms with Gasteiger partial charge in [0.15, 0.2) is 0 Å². The minimum Gasteiger partial charge on any atom is -0.311 e. The van der Waals surface area contributed by atoms with E-state index >= 15 is 0 Å². The van der Waals surface area contributed by atoms with E-state index in [1.165, 1.54) is 39.0 Å². The highest BCUT2D eigenvalue weighted by atomic mass is 32.2. The topological polar surface area (TPSA) is 69.7 Å². The zero-order valence-corrected chi connectivity index (χ0v) is 18.4. The van der Waals surface area contributed by atoms with Crippen molar-refractivity contribution in [2.45, 2.75) is 61.3 Å². The molecule has 8 heteroatoms.